The van der Waals surface area contributed by atoms with Crippen LogP contribution in [0.4, 0.5) is 15.8 Å². The quantitative estimate of drug-likeness (QED) is 0.425. The van der Waals surface area contributed by atoms with Crippen LogP contribution in [0.5, 0.6) is 0 Å². The fraction of sp³-hybridized carbons (Fsp3) is 0.0455. The lowest BCUT2D eigenvalue weighted by atomic mass is 10.2. The Morgan fingerprint density at radius 2 is 1.68 bits per heavy atom. The molecule has 0 aliphatic heterocycles. The molecule has 158 valence electrons. The van der Waals surface area contributed by atoms with E-state index in [1.54, 1.807) is 30.3 Å². The van der Waals surface area contributed by atoms with Gasteiger partial charge in [0.1, 0.15) is 5.82 Å². The predicted octanol–water partition coefficient (Wildman–Crippen LogP) is 5.16. The molecule has 0 saturated carbocycles. The van der Waals surface area contributed by atoms with Crippen LogP contribution in [0.1, 0.15) is 20.7 Å². The normalized spacial score (nSPS) is 10.4. The molecular weight excluding hydrogens is 443 g/mol. The number of benzene rings is 3. The molecule has 6 nitrogen and oxygen atoms in total. The number of halogens is 2. The minimum atomic E-state index is -1.12. The molecule has 0 heterocycles. The maximum absolute atomic E-state index is 13.7. The highest BCUT2D eigenvalue weighted by atomic mass is 35.5. The number of aromatic carboxylic acids is 1. The summed E-state index contributed by atoms with van der Waals surface area (Å²) in [6.07, 6.45) is 0. The number of hydrogen-bond acceptors (Lipinski definition) is 4. The first-order valence-corrected chi connectivity index (χ1v) is 10.3. The Hall–Kier alpha value is -3.36. The zero-order valence-corrected chi connectivity index (χ0v) is 17.5. The van der Waals surface area contributed by atoms with Crippen molar-refractivity contribution in [2.45, 2.75) is 4.90 Å². The fourth-order valence-corrected chi connectivity index (χ4v) is 3.43. The second kappa shape index (κ2) is 10.1. The van der Waals surface area contributed by atoms with Gasteiger partial charge in [0, 0.05) is 10.6 Å². The molecule has 3 N–H and O–H groups in total. The third kappa shape index (κ3) is 6.07. The molecule has 0 saturated heterocycles. The average molecular weight is 459 g/mol. The van der Waals surface area contributed by atoms with Crippen LogP contribution in [0.25, 0.3) is 0 Å². The van der Waals surface area contributed by atoms with Crippen LogP contribution in [0.15, 0.2) is 71.6 Å². The van der Waals surface area contributed by atoms with E-state index in [0.717, 1.165) is 4.90 Å². The van der Waals surface area contributed by atoms with Crippen molar-refractivity contribution in [3.63, 3.8) is 0 Å². The third-order valence-electron chi connectivity index (χ3n) is 4.09. The number of nitrogens with one attached hydrogen (secondary N) is 2. The predicted molar refractivity (Wildman–Crippen MR) is 119 cm³/mol. The lowest BCUT2D eigenvalue weighted by Crippen LogP contribution is -2.15. The molecule has 0 aliphatic rings. The molecule has 0 unspecified atom stereocenters. The standard InChI is InChI=1S/C22H16ClFN2O4S/c23-17-10-5-13(22(29)30)11-19(17)26-20(27)12-31-15-8-6-14(7-9-15)25-21(28)16-3-1-2-4-18(16)24/h1-11H,12H2,(H,25,28)(H,26,27)(H,29,30). The fourth-order valence-electron chi connectivity index (χ4n) is 2.57. The third-order valence-corrected chi connectivity index (χ3v) is 5.43. The van der Waals surface area contributed by atoms with Gasteiger partial charge >= 0.3 is 5.97 Å². The topological polar surface area (TPSA) is 95.5 Å². The van der Waals surface area contributed by atoms with E-state index in [-0.39, 0.29) is 33.5 Å². The number of carbonyl (C=O) groups is 3. The molecule has 0 aliphatic carbocycles. The zero-order valence-electron chi connectivity index (χ0n) is 15.9. The second-order valence-electron chi connectivity index (χ2n) is 6.29. The van der Waals surface area contributed by atoms with Gasteiger partial charge in [-0.15, -0.1) is 11.8 Å². The van der Waals surface area contributed by atoms with E-state index in [1.807, 2.05) is 0 Å². The van der Waals surface area contributed by atoms with Gasteiger partial charge in [-0.25, -0.2) is 9.18 Å². The lowest BCUT2D eigenvalue weighted by molar-refractivity contribution is -0.113. The summed E-state index contributed by atoms with van der Waals surface area (Å²) in [4.78, 5) is 36.2. The average Bonchev–Trinajstić information content (AvgIpc) is 2.75. The smallest absolute Gasteiger partial charge is 0.335 e. The van der Waals surface area contributed by atoms with Gasteiger partial charge < -0.3 is 15.7 Å². The Labute approximate surface area is 186 Å². The molecule has 3 aromatic rings. The molecule has 9 heteroatoms. The van der Waals surface area contributed by atoms with E-state index < -0.39 is 17.7 Å². The summed E-state index contributed by atoms with van der Waals surface area (Å²) in [7, 11) is 0. The van der Waals surface area contributed by atoms with E-state index in [4.69, 9.17) is 16.7 Å². The van der Waals surface area contributed by atoms with Crippen LogP contribution in [-0.2, 0) is 4.79 Å². The van der Waals surface area contributed by atoms with Gasteiger partial charge in [-0.1, -0.05) is 23.7 Å². The van der Waals surface area contributed by atoms with Crippen LogP contribution < -0.4 is 10.6 Å². The van der Waals surface area contributed by atoms with Crippen molar-refractivity contribution in [1.29, 1.82) is 0 Å². The van der Waals surface area contributed by atoms with Crippen molar-refractivity contribution >= 4 is 52.5 Å². The number of anilines is 2. The SMILES string of the molecule is O=C(CSc1ccc(NC(=O)c2ccccc2F)cc1)Nc1cc(C(=O)O)ccc1Cl. The second-order valence-corrected chi connectivity index (χ2v) is 7.75. The summed E-state index contributed by atoms with van der Waals surface area (Å²) in [6.45, 7) is 0. The highest BCUT2D eigenvalue weighted by Crippen LogP contribution is 2.25. The maximum Gasteiger partial charge on any atom is 0.335 e. The van der Waals surface area contributed by atoms with Gasteiger partial charge in [0.15, 0.2) is 0 Å². The van der Waals surface area contributed by atoms with Gasteiger partial charge in [-0.2, -0.15) is 0 Å². The molecule has 0 bridgehead atoms. The van der Waals surface area contributed by atoms with Gasteiger partial charge in [-0.3, -0.25) is 9.59 Å². The van der Waals surface area contributed by atoms with Gasteiger partial charge in [0.25, 0.3) is 5.91 Å². The number of carbonyl (C=O) groups excluding carboxylic acids is 2. The molecule has 0 fully saturated rings. The molecule has 0 radical (unpaired) electrons. The lowest BCUT2D eigenvalue weighted by Gasteiger charge is -2.09. The van der Waals surface area contributed by atoms with Crippen molar-refractivity contribution < 1.29 is 23.9 Å². The Morgan fingerprint density at radius 1 is 0.968 bits per heavy atom. The van der Waals surface area contributed by atoms with E-state index in [2.05, 4.69) is 10.6 Å². The first kappa shape index (κ1) is 22.3. The molecule has 0 atom stereocenters. The minimum Gasteiger partial charge on any atom is -0.478 e. The summed E-state index contributed by atoms with van der Waals surface area (Å²) in [5.41, 5.74) is 0.668. The Morgan fingerprint density at radius 3 is 2.35 bits per heavy atom. The molecular formula is C22H16ClFN2O4S. The molecule has 2 amide bonds. The first-order valence-electron chi connectivity index (χ1n) is 8.95. The molecule has 3 rings (SSSR count). The van der Waals surface area contributed by atoms with Crippen LogP contribution in [0.2, 0.25) is 5.02 Å². The van der Waals surface area contributed by atoms with Crippen LogP contribution >= 0.6 is 23.4 Å². The molecule has 0 aromatic heterocycles. The van der Waals surface area contributed by atoms with Crippen molar-refractivity contribution in [2.75, 3.05) is 16.4 Å². The number of carboxylic acids is 1. The monoisotopic (exact) mass is 458 g/mol. The number of thioether (sulfide) groups is 1. The van der Waals surface area contributed by atoms with E-state index in [9.17, 15) is 18.8 Å². The number of rotatable bonds is 7. The number of amides is 2. The molecule has 0 spiro atoms. The largest absolute Gasteiger partial charge is 0.478 e. The van der Waals surface area contributed by atoms with E-state index in [1.165, 1.54) is 48.2 Å². The van der Waals surface area contributed by atoms with Gasteiger partial charge in [0.05, 0.1) is 27.6 Å². The summed E-state index contributed by atoms with van der Waals surface area (Å²) < 4.78 is 13.7. The van der Waals surface area contributed by atoms with Crippen molar-refractivity contribution in [2.24, 2.45) is 0 Å². The maximum atomic E-state index is 13.7. The number of hydrogen-bond donors (Lipinski definition) is 3. The van der Waals surface area contributed by atoms with Crippen LogP contribution in [-0.4, -0.2) is 28.6 Å². The summed E-state index contributed by atoms with van der Waals surface area (Å²) in [5, 5.41) is 14.5. The van der Waals surface area contributed by atoms with Crippen LogP contribution in [0.3, 0.4) is 0 Å². The Balaban J connectivity index is 1.55. The minimum absolute atomic E-state index is 0.0142. The van der Waals surface area contributed by atoms with Crippen molar-refractivity contribution in [3.05, 3.63) is 88.7 Å². The highest BCUT2D eigenvalue weighted by molar-refractivity contribution is 8.00. The molecule has 3 aromatic carbocycles. The Kier molecular flexibility index (Phi) is 7.28. The van der Waals surface area contributed by atoms with Crippen molar-refractivity contribution in [3.8, 4) is 0 Å². The molecule has 31 heavy (non-hydrogen) atoms. The number of carboxylic acid groups (broad SMARTS) is 1. The van der Waals surface area contributed by atoms with Gasteiger partial charge in [0.2, 0.25) is 5.91 Å². The highest BCUT2D eigenvalue weighted by Gasteiger charge is 2.12. The summed E-state index contributed by atoms with van der Waals surface area (Å²) in [6, 6.07) is 16.5. The van der Waals surface area contributed by atoms with Gasteiger partial charge in [-0.05, 0) is 54.6 Å². The first-order chi connectivity index (χ1) is 14.8. The summed E-state index contributed by atoms with van der Waals surface area (Å²) in [5.74, 6) is -2.57. The summed E-state index contributed by atoms with van der Waals surface area (Å²) >= 11 is 7.25. The van der Waals surface area contributed by atoms with Crippen LogP contribution in [0, 0.1) is 5.82 Å². The Bertz CT molecular complexity index is 1140. The zero-order chi connectivity index (χ0) is 22.4. The van der Waals surface area contributed by atoms with Crippen molar-refractivity contribution in [1.82, 2.24) is 0 Å². The van der Waals surface area contributed by atoms with E-state index in [0.29, 0.717) is 5.69 Å². The van der Waals surface area contributed by atoms with E-state index >= 15 is 0 Å².